The molecule has 1 atom stereocenters. The summed E-state index contributed by atoms with van der Waals surface area (Å²) in [6.07, 6.45) is 0. The van der Waals surface area contributed by atoms with Gasteiger partial charge in [0.15, 0.2) is 6.54 Å². The van der Waals surface area contributed by atoms with Gasteiger partial charge in [-0.25, -0.2) is 13.2 Å². The zero-order valence-electron chi connectivity index (χ0n) is 11.9. The lowest BCUT2D eigenvalue weighted by Gasteiger charge is -2.12. The molecule has 0 aromatic heterocycles. The molecule has 0 saturated heterocycles. The predicted molar refractivity (Wildman–Crippen MR) is 76.6 cm³/mol. The number of quaternary nitrogens is 1. The number of carbonyl (C=O) groups is 1. The average Bonchev–Trinajstić information content (AvgIpc) is 2.47. The van der Waals surface area contributed by atoms with E-state index in [1.54, 1.807) is 18.3 Å². The van der Waals surface area contributed by atoms with Crippen LogP contribution >= 0.6 is 0 Å². The molecule has 0 aliphatic carbocycles. The number of rotatable bonds is 5. The van der Waals surface area contributed by atoms with Crippen molar-refractivity contribution in [3.63, 3.8) is 0 Å². The third kappa shape index (κ3) is 4.08. The summed E-state index contributed by atoms with van der Waals surface area (Å²) >= 11 is 0. The second-order valence-electron chi connectivity index (χ2n) is 4.92. The van der Waals surface area contributed by atoms with E-state index in [2.05, 4.69) is 5.32 Å². The van der Waals surface area contributed by atoms with Crippen molar-refractivity contribution in [3.8, 4) is 0 Å². The molecule has 2 aromatic carbocycles. The molecule has 0 bridgehead atoms. The largest absolute Gasteiger partial charge is 0.332 e. The van der Waals surface area contributed by atoms with E-state index in [4.69, 9.17) is 0 Å². The smallest absolute Gasteiger partial charge is 0.279 e. The third-order valence-corrected chi connectivity index (χ3v) is 3.26. The first kappa shape index (κ1) is 16.0. The van der Waals surface area contributed by atoms with E-state index in [1.165, 1.54) is 30.3 Å². The van der Waals surface area contributed by atoms with Gasteiger partial charge < -0.3 is 10.6 Å². The lowest BCUT2D eigenvalue weighted by molar-refractivity contribution is -0.682. The molecule has 0 unspecified atom stereocenters. The number of hydrogen-bond acceptors (Lipinski definition) is 1. The van der Waals surface area contributed by atoms with Gasteiger partial charge in [0.1, 0.15) is 23.5 Å². The molecule has 0 fully saturated rings. The maximum atomic E-state index is 13.6. The van der Waals surface area contributed by atoms with Crippen LogP contribution in [0.2, 0.25) is 0 Å². The molecule has 0 saturated carbocycles. The molecular formula is C16H16F3N2O+. The molecule has 1 amide bonds. The highest BCUT2D eigenvalue weighted by Crippen LogP contribution is 2.15. The van der Waals surface area contributed by atoms with E-state index in [0.29, 0.717) is 5.56 Å². The fourth-order valence-electron chi connectivity index (χ4n) is 2.05. The minimum absolute atomic E-state index is 0.00762. The average molecular weight is 309 g/mol. The number of amides is 1. The van der Waals surface area contributed by atoms with Crippen molar-refractivity contribution in [2.75, 3.05) is 11.9 Å². The molecule has 3 nitrogen and oxygen atoms in total. The molecule has 2 rings (SSSR count). The molecule has 22 heavy (non-hydrogen) atoms. The molecule has 6 heteroatoms. The van der Waals surface area contributed by atoms with Crippen molar-refractivity contribution < 1.29 is 23.3 Å². The Morgan fingerprint density at radius 2 is 1.86 bits per heavy atom. The zero-order valence-corrected chi connectivity index (χ0v) is 11.9. The Labute approximate surface area is 126 Å². The van der Waals surface area contributed by atoms with E-state index >= 15 is 0 Å². The lowest BCUT2D eigenvalue weighted by Crippen LogP contribution is -2.86. The number of carbonyl (C=O) groups excluding carboxylic acids is 1. The van der Waals surface area contributed by atoms with E-state index in [0.717, 1.165) is 6.07 Å². The number of para-hydroxylation sites is 1. The molecule has 0 radical (unpaired) electrons. The number of nitrogens with one attached hydrogen (secondary N) is 1. The highest BCUT2D eigenvalue weighted by Gasteiger charge is 2.16. The first-order valence-corrected chi connectivity index (χ1v) is 6.80. The molecule has 0 aliphatic rings. The van der Waals surface area contributed by atoms with Crippen LogP contribution < -0.4 is 10.6 Å². The van der Waals surface area contributed by atoms with Crippen LogP contribution in [-0.4, -0.2) is 12.5 Å². The Bertz CT molecular complexity index is 676. The van der Waals surface area contributed by atoms with Crippen LogP contribution in [0, 0.1) is 17.5 Å². The number of hydrogen-bond donors (Lipinski definition) is 2. The van der Waals surface area contributed by atoms with Gasteiger partial charge in [-0.3, -0.25) is 4.79 Å². The normalized spacial score (nSPS) is 12.0. The molecule has 0 spiro atoms. The Hall–Kier alpha value is -2.34. The predicted octanol–water partition coefficient (Wildman–Crippen LogP) is 2.37. The van der Waals surface area contributed by atoms with Gasteiger partial charge in [-0.1, -0.05) is 12.1 Å². The van der Waals surface area contributed by atoms with Crippen LogP contribution in [0.15, 0.2) is 42.5 Å². The Morgan fingerprint density at radius 3 is 2.55 bits per heavy atom. The first-order valence-electron chi connectivity index (χ1n) is 6.80. The van der Waals surface area contributed by atoms with Crippen LogP contribution in [0.5, 0.6) is 0 Å². The van der Waals surface area contributed by atoms with Gasteiger partial charge in [-0.15, -0.1) is 0 Å². The molecular weight excluding hydrogens is 293 g/mol. The van der Waals surface area contributed by atoms with E-state index in [-0.39, 0.29) is 18.3 Å². The van der Waals surface area contributed by atoms with E-state index < -0.39 is 23.4 Å². The second kappa shape index (κ2) is 7.09. The van der Waals surface area contributed by atoms with Gasteiger partial charge in [0.25, 0.3) is 5.91 Å². The summed E-state index contributed by atoms with van der Waals surface area (Å²) in [7, 11) is 0. The first-order chi connectivity index (χ1) is 10.5. The van der Waals surface area contributed by atoms with E-state index in [9.17, 15) is 18.0 Å². The summed E-state index contributed by atoms with van der Waals surface area (Å²) in [6, 6.07) is 8.79. The number of anilines is 1. The Kier molecular flexibility index (Phi) is 5.16. The second-order valence-corrected chi connectivity index (χ2v) is 4.92. The van der Waals surface area contributed by atoms with E-state index in [1.807, 2.05) is 0 Å². The number of benzene rings is 2. The van der Waals surface area contributed by atoms with Crippen LogP contribution in [0.3, 0.4) is 0 Å². The van der Waals surface area contributed by atoms with Crippen LogP contribution in [0.1, 0.15) is 18.5 Å². The van der Waals surface area contributed by atoms with Gasteiger partial charge in [-0.2, -0.15) is 0 Å². The van der Waals surface area contributed by atoms with Gasteiger partial charge in [0.2, 0.25) is 0 Å². The van der Waals surface area contributed by atoms with Gasteiger partial charge in [0.05, 0.1) is 5.69 Å². The number of nitrogens with two attached hydrogens (primary N) is 1. The van der Waals surface area contributed by atoms with Crippen molar-refractivity contribution in [1.82, 2.24) is 0 Å². The van der Waals surface area contributed by atoms with Gasteiger partial charge >= 0.3 is 0 Å². The molecule has 0 aliphatic heterocycles. The van der Waals surface area contributed by atoms with Crippen LogP contribution in [0.25, 0.3) is 0 Å². The topological polar surface area (TPSA) is 45.7 Å². The number of halogens is 3. The van der Waals surface area contributed by atoms with Crippen LogP contribution in [0.4, 0.5) is 18.9 Å². The van der Waals surface area contributed by atoms with Gasteiger partial charge in [0, 0.05) is 11.6 Å². The molecule has 0 heterocycles. The van der Waals surface area contributed by atoms with Crippen molar-refractivity contribution in [3.05, 3.63) is 65.5 Å². The molecule has 116 valence electrons. The van der Waals surface area contributed by atoms with Crippen molar-refractivity contribution in [2.24, 2.45) is 0 Å². The Balaban J connectivity index is 1.92. The standard InChI is InChI=1S/C16H15F3N2O/c1-10(12-7-6-11(17)8-14(12)19)20-9-16(22)21-15-5-3-2-4-13(15)18/h2-8,10,20H,9H2,1H3,(H,21,22)/p+1/t10-/m1/s1. The lowest BCUT2D eigenvalue weighted by atomic mass is 10.1. The van der Waals surface area contributed by atoms with Crippen molar-refractivity contribution >= 4 is 11.6 Å². The maximum absolute atomic E-state index is 13.6. The summed E-state index contributed by atoms with van der Waals surface area (Å²) in [5.74, 6) is -2.23. The molecule has 2 aromatic rings. The fourth-order valence-corrected chi connectivity index (χ4v) is 2.05. The highest BCUT2D eigenvalue weighted by molar-refractivity contribution is 5.91. The highest BCUT2D eigenvalue weighted by atomic mass is 19.1. The SMILES string of the molecule is C[C@@H]([NH2+]CC(=O)Nc1ccccc1F)c1ccc(F)cc1F. The summed E-state index contributed by atoms with van der Waals surface area (Å²) in [4.78, 5) is 11.8. The van der Waals surface area contributed by atoms with Gasteiger partial charge in [-0.05, 0) is 31.2 Å². The van der Waals surface area contributed by atoms with Crippen molar-refractivity contribution in [2.45, 2.75) is 13.0 Å². The molecule has 3 N–H and O–H groups in total. The maximum Gasteiger partial charge on any atom is 0.279 e. The summed E-state index contributed by atoms with van der Waals surface area (Å²) < 4.78 is 39.9. The fraction of sp³-hybridized carbons (Fsp3) is 0.188. The Morgan fingerprint density at radius 1 is 1.14 bits per heavy atom. The zero-order chi connectivity index (χ0) is 16.1. The third-order valence-electron chi connectivity index (χ3n) is 3.26. The minimum atomic E-state index is -0.654. The summed E-state index contributed by atoms with van der Waals surface area (Å²) in [5.41, 5.74) is 0.404. The monoisotopic (exact) mass is 309 g/mol. The van der Waals surface area contributed by atoms with Crippen molar-refractivity contribution in [1.29, 1.82) is 0 Å². The quantitative estimate of drug-likeness (QED) is 0.875. The van der Waals surface area contributed by atoms with Crippen LogP contribution in [-0.2, 0) is 4.79 Å². The summed E-state index contributed by atoms with van der Waals surface area (Å²) in [5, 5.41) is 4.03. The minimum Gasteiger partial charge on any atom is -0.332 e. The summed E-state index contributed by atoms with van der Waals surface area (Å²) in [6.45, 7) is 1.69.